The van der Waals surface area contributed by atoms with Gasteiger partial charge in [0.2, 0.25) is 10.0 Å². The molecule has 2 heterocycles. The van der Waals surface area contributed by atoms with Crippen LogP contribution in [0.3, 0.4) is 0 Å². The number of hydrogen-bond acceptors (Lipinski definition) is 7. The van der Waals surface area contributed by atoms with Gasteiger partial charge in [-0.05, 0) is 61.5 Å². The molecule has 182 valence electrons. The van der Waals surface area contributed by atoms with Gasteiger partial charge in [-0.3, -0.25) is 4.79 Å². The molecule has 2 aromatic heterocycles. The number of nitrogens with one attached hydrogen (secondary N) is 1. The van der Waals surface area contributed by atoms with Gasteiger partial charge in [-0.1, -0.05) is 6.07 Å². The minimum Gasteiger partial charge on any atom is -0.497 e. The van der Waals surface area contributed by atoms with Crippen LogP contribution in [0.25, 0.3) is 10.9 Å². The summed E-state index contributed by atoms with van der Waals surface area (Å²) in [6.45, 7) is 1.49. The highest BCUT2D eigenvalue weighted by Crippen LogP contribution is 2.24. The average Bonchev–Trinajstić information content (AvgIpc) is 3.37. The number of H-pyrrole nitrogens is 1. The summed E-state index contributed by atoms with van der Waals surface area (Å²) < 4.78 is 44.1. The number of rotatable bonds is 9. The molecule has 35 heavy (non-hydrogen) atoms. The van der Waals surface area contributed by atoms with Crippen LogP contribution in [-0.2, 0) is 27.8 Å². The Bertz CT molecular complexity index is 1510. The van der Waals surface area contributed by atoms with E-state index in [-0.39, 0.29) is 35.7 Å². The highest BCUT2D eigenvalue weighted by atomic mass is 32.2. The third-order valence-electron chi connectivity index (χ3n) is 5.37. The zero-order valence-electron chi connectivity index (χ0n) is 19.2. The summed E-state index contributed by atoms with van der Waals surface area (Å²) in [6, 6.07) is 15.7. The molecule has 4 aromatic rings. The predicted molar refractivity (Wildman–Crippen MR) is 129 cm³/mol. The highest BCUT2D eigenvalue weighted by Gasteiger charge is 2.28. The standard InChI is InChI=1S/C25H24N2O7S/c1-3-33-25(29)17-6-4-8-22(14-17)35(30,31)27(16-21-7-5-11-34-21)15-19-12-18-13-20(32-2)9-10-23(18)26-24(19)28/h4-14H,3,15-16H2,1-2H3,(H,26,28). The van der Waals surface area contributed by atoms with Gasteiger partial charge in [-0.2, -0.15) is 4.31 Å². The van der Waals surface area contributed by atoms with E-state index in [1.807, 2.05) is 0 Å². The maximum Gasteiger partial charge on any atom is 0.338 e. The molecule has 0 atom stereocenters. The number of aromatic amines is 1. The van der Waals surface area contributed by atoms with Crippen LogP contribution >= 0.6 is 0 Å². The number of carbonyl (C=O) groups is 1. The Hall–Kier alpha value is -3.89. The summed E-state index contributed by atoms with van der Waals surface area (Å²) in [7, 11) is -2.60. The number of hydrogen-bond donors (Lipinski definition) is 1. The maximum atomic E-state index is 13.7. The molecule has 0 aliphatic heterocycles. The molecule has 9 nitrogen and oxygen atoms in total. The van der Waals surface area contributed by atoms with Gasteiger partial charge in [0.1, 0.15) is 11.5 Å². The van der Waals surface area contributed by atoms with Crippen molar-refractivity contribution in [3.8, 4) is 5.75 Å². The predicted octanol–water partition coefficient (Wildman–Crippen LogP) is 3.70. The molecule has 0 spiro atoms. The first-order chi connectivity index (χ1) is 16.8. The molecule has 10 heteroatoms. The summed E-state index contributed by atoms with van der Waals surface area (Å²) in [6.07, 6.45) is 1.44. The number of furan rings is 1. The van der Waals surface area contributed by atoms with E-state index in [4.69, 9.17) is 13.9 Å². The molecule has 0 unspecified atom stereocenters. The number of nitrogens with zero attached hydrogens (tertiary/aromatic N) is 1. The number of carbonyl (C=O) groups excluding carboxylic acids is 1. The molecule has 4 rings (SSSR count). The van der Waals surface area contributed by atoms with Crippen LogP contribution in [0.5, 0.6) is 5.75 Å². The molecule has 0 fully saturated rings. The largest absolute Gasteiger partial charge is 0.497 e. The minimum absolute atomic E-state index is 0.103. The van der Waals surface area contributed by atoms with Crippen molar-refractivity contribution >= 4 is 26.9 Å². The zero-order valence-corrected chi connectivity index (χ0v) is 20.0. The second-order valence-electron chi connectivity index (χ2n) is 7.68. The molecule has 2 aromatic carbocycles. The number of ether oxygens (including phenoxy) is 2. The van der Waals surface area contributed by atoms with Crippen molar-refractivity contribution in [1.29, 1.82) is 0 Å². The first-order valence-corrected chi connectivity index (χ1v) is 12.3. The van der Waals surface area contributed by atoms with Crippen molar-refractivity contribution < 1.29 is 27.1 Å². The van der Waals surface area contributed by atoms with Crippen LogP contribution in [0.4, 0.5) is 0 Å². The lowest BCUT2D eigenvalue weighted by Gasteiger charge is -2.21. The van der Waals surface area contributed by atoms with Crippen LogP contribution < -0.4 is 10.3 Å². The van der Waals surface area contributed by atoms with E-state index in [0.717, 1.165) is 4.31 Å². The quantitative estimate of drug-likeness (QED) is 0.351. The van der Waals surface area contributed by atoms with Crippen LogP contribution in [0, 0.1) is 0 Å². The number of methoxy groups -OCH3 is 1. The number of benzene rings is 2. The molecule has 0 amide bonds. The van der Waals surface area contributed by atoms with Crippen LogP contribution in [0.2, 0.25) is 0 Å². The topological polar surface area (TPSA) is 119 Å². The van der Waals surface area contributed by atoms with Crippen LogP contribution in [-0.4, -0.2) is 37.4 Å². The fourth-order valence-corrected chi connectivity index (χ4v) is 5.04. The second-order valence-corrected chi connectivity index (χ2v) is 9.62. The lowest BCUT2D eigenvalue weighted by atomic mass is 10.1. The van der Waals surface area contributed by atoms with E-state index in [2.05, 4.69) is 4.98 Å². The third kappa shape index (κ3) is 5.28. The highest BCUT2D eigenvalue weighted by molar-refractivity contribution is 7.89. The molecular formula is C25H24N2O7S. The third-order valence-corrected chi connectivity index (χ3v) is 7.16. The fraction of sp³-hybridized carbons (Fsp3) is 0.200. The number of sulfonamides is 1. The second kappa shape index (κ2) is 10.2. The van der Waals surface area contributed by atoms with Gasteiger partial charge >= 0.3 is 5.97 Å². The molecule has 0 saturated heterocycles. The van der Waals surface area contributed by atoms with Gasteiger partial charge in [-0.15, -0.1) is 0 Å². The van der Waals surface area contributed by atoms with Gasteiger partial charge in [-0.25, -0.2) is 13.2 Å². The average molecular weight is 497 g/mol. The van der Waals surface area contributed by atoms with Gasteiger partial charge in [0.25, 0.3) is 5.56 Å². The number of pyridine rings is 1. The van der Waals surface area contributed by atoms with Crippen molar-refractivity contribution in [1.82, 2.24) is 9.29 Å². The fourth-order valence-electron chi connectivity index (χ4n) is 3.61. The summed E-state index contributed by atoms with van der Waals surface area (Å²) in [5.74, 6) is 0.377. The summed E-state index contributed by atoms with van der Waals surface area (Å²) in [5, 5.41) is 0.693. The van der Waals surface area contributed by atoms with Gasteiger partial charge < -0.3 is 18.9 Å². The van der Waals surface area contributed by atoms with E-state index in [0.29, 0.717) is 22.4 Å². The molecule has 0 saturated carbocycles. The first-order valence-electron chi connectivity index (χ1n) is 10.8. The monoisotopic (exact) mass is 496 g/mol. The van der Waals surface area contributed by atoms with Gasteiger partial charge in [0.05, 0.1) is 37.0 Å². The molecule has 1 N–H and O–H groups in total. The Morgan fingerprint density at radius 1 is 1.06 bits per heavy atom. The van der Waals surface area contributed by atoms with Crippen molar-refractivity contribution in [2.24, 2.45) is 0 Å². The first kappa shape index (κ1) is 24.2. The summed E-state index contributed by atoms with van der Waals surface area (Å²) in [5.41, 5.74) is 0.536. The smallest absolute Gasteiger partial charge is 0.338 e. The molecule has 0 aliphatic carbocycles. The SMILES string of the molecule is CCOC(=O)c1cccc(S(=O)(=O)N(Cc2ccco2)Cc2cc3cc(OC)ccc3[nH]c2=O)c1. The lowest BCUT2D eigenvalue weighted by Crippen LogP contribution is -2.32. The van der Waals surface area contributed by atoms with Crippen LogP contribution in [0.1, 0.15) is 28.6 Å². The minimum atomic E-state index is -4.14. The van der Waals surface area contributed by atoms with Crippen LogP contribution in [0.15, 0.2) is 81.0 Å². The van der Waals surface area contributed by atoms with Crippen molar-refractivity contribution in [2.75, 3.05) is 13.7 Å². The van der Waals surface area contributed by atoms with E-state index in [1.165, 1.54) is 37.6 Å². The Morgan fingerprint density at radius 2 is 1.89 bits per heavy atom. The Kier molecular flexibility index (Phi) is 7.04. The van der Waals surface area contributed by atoms with Gasteiger partial charge in [0, 0.05) is 23.0 Å². The molecular weight excluding hydrogens is 472 g/mol. The van der Waals surface area contributed by atoms with E-state index >= 15 is 0 Å². The van der Waals surface area contributed by atoms with Gasteiger partial charge in [0.15, 0.2) is 0 Å². The van der Waals surface area contributed by atoms with Crippen molar-refractivity contribution in [3.05, 3.63) is 94.2 Å². The Labute approximate surface area is 202 Å². The van der Waals surface area contributed by atoms with E-state index in [1.54, 1.807) is 43.3 Å². The number of aromatic nitrogens is 1. The van der Waals surface area contributed by atoms with Crippen molar-refractivity contribution in [3.63, 3.8) is 0 Å². The van der Waals surface area contributed by atoms with E-state index in [9.17, 15) is 18.0 Å². The number of fused-ring (bicyclic) bond motifs is 1. The normalized spacial score (nSPS) is 11.6. The summed E-state index contributed by atoms with van der Waals surface area (Å²) in [4.78, 5) is 27.7. The Balaban J connectivity index is 1.75. The molecule has 0 bridgehead atoms. The zero-order chi connectivity index (χ0) is 25.0. The lowest BCUT2D eigenvalue weighted by molar-refractivity contribution is 0.0526. The van der Waals surface area contributed by atoms with Crippen molar-refractivity contribution in [2.45, 2.75) is 24.9 Å². The number of esters is 1. The Morgan fingerprint density at radius 3 is 2.60 bits per heavy atom. The molecule has 0 aliphatic rings. The maximum absolute atomic E-state index is 13.7. The molecule has 0 radical (unpaired) electrons. The van der Waals surface area contributed by atoms with E-state index < -0.39 is 21.6 Å². The summed E-state index contributed by atoms with van der Waals surface area (Å²) >= 11 is 0.